The number of nitro groups is 1. The summed E-state index contributed by atoms with van der Waals surface area (Å²) in [6, 6.07) is 10.8. The van der Waals surface area contributed by atoms with Crippen LogP contribution in [0.1, 0.15) is 18.4 Å². The van der Waals surface area contributed by atoms with Gasteiger partial charge in [0, 0.05) is 19.2 Å². The van der Waals surface area contributed by atoms with E-state index in [4.69, 9.17) is 0 Å². The van der Waals surface area contributed by atoms with Crippen LogP contribution in [-0.4, -0.2) is 23.9 Å². The molecule has 0 atom stereocenters. The van der Waals surface area contributed by atoms with Crippen molar-refractivity contribution in [1.29, 1.82) is 0 Å². The van der Waals surface area contributed by atoms with Crippen molar-refractivity contribution < 1.29 is 14.1 Å². The summed E-state index contributed by atoms with van der Waals surface area (Å²) in [5.41, 5.74) is 1.43. The van der Waals surface area contributed by atoms with E-state index in [0.717, 1.165) is 43.8 Å². The summed E-state index contributed by atoms with van der Waals surface area (Å²) in [4.78, 5) is 24.8. The third-order valence-electron chi connectivity index (χ3n) is 4.21. The van der Waals surface area contributed by atoms with Gasteiger partial charge >= 0.3 is 0 Å². The van der Waals surface area contributed by atoms with Crippen LogP contribution < -0.4 is 10.2 Å². The maximum Gasteiger partial charge on any atom is 0.279 e. The zero-order valence-corrected chi connectivity index (χ0v) is 14.0. The summed E-state index contributed by atoms with van der Waals surface area (Å²) in [6.07, 6.45) is 4.76. The number of halogens is 1. The molecule has 0 aliphatic carbocycles. The second kappa shape index (κ2) is 7.77. The number of amides is 1. The first-order valence-electron chi connectivity index (χ1n) is 8.31. The first-order valence-corrected chi connectivity index (χ1v) is 8.31. The topological polar surface area (TPSA) is 75.5 Å². The van der Waals surface area contributed by atoms with E-state index in [1.807, 2.05) is 24.3 Å². The average Bonchev–Trinajstić information content (AvgIpc) is 3.15. The summed E-state index contributed by atoms with van der Waals surface area (Å²) in [7, 11) is 0. The highest BCUT2D eigenvalue weighted by atomic mass is 19.1. The van der Waals surface area contributed by atoms with Gasteiger partial charge in [0.2, 0.25) is 5.91 Å². The van der Waals surface area contributed by atoms with Gasteiger partial charge in [-0.2, -0.15) is 0 Å². The normalized spacial score (nSPS) is 14.0. The second-order valence-electron chi connectivity index (χ2n) is 5.99. The zero-order valence-electron chi connectivity index (χ0n) is 14.0. The van der Waals surface area contributed by atoms with Crippen molar-refractivity contribution in [2.75, 3.05) is 23.3 Å². The first-order chi connectivity index (χ1) is 12.5. The highest BCUT2D eigenvalue weighted by Gasteiger charge is 2.16. The molecule has 1 N–H and O–H groups in total. The summed E-state index contributed by atoms with van der Waals surface area (Å²) in [6.45, 7) is 1.90. The molecular formula is C19H18FN3O3. The number of anilines is 2. The van der Waals surface area contributed by atoms with Crippen LogP contribution in [0, 0.1) is 15.9 Å². The third-order valence-corrected chi connectivity index (χ3v) is 4.21. The van der Waals surface area contributed by atoms with E-state index in [2.05, 4.69) is 10.2 Å². The molecule has 2 aromatic carbocycles. The number of benzene rings is 2. The fourth-order valence-electron chi connectivity index (χ4n) is 2.97. The Morgan fingerprint density at radius 2 is 1.92 bits per heavy atom. The van der Waals surface area contributed by atoms with Crippen molar-refractivity contribution in [3.05, 3.63) is 70.0 Å². The molecule has 0 spiro atoms. The van der Waals surface area contributed by atoms with Gasteiger partial charge in [0.25, 0.3) is 5.69 Å². The molecule has 3 rings (SSSR count). The van der Waals surface area contributed by atoms with Crippen LogP contribution in [0.2, 0.25) is 0 Å². The van der Waals surface area contributed by atoms with E-state index >= 15 is 0 Å². The minimum absolute atomic E-state index is 0.166. The van der Waals surface area contributed by atoms with E-state index < -0.39 is 16.6 Å². The number of carbonyl (C=O) groups excluding carboxylic acids is 1. The largest absolute Gasteiger partial charge is 0.370 e. The number of nitrogens with one attached hydrogen (secondary N) is 1. The molecule has 0 radical (unpaired) electrons. The summed E-state index contributed by atoms with van der Waals surface area (Å²) < 4.78 is 13.2. The van der Waals surface area contributed by atoms with Crippen molar-refractivity contribution in [3.63, 3.8) is 0 Å². The van der Waals surface area contributed by atoms with Gasteiger partial charge in [0.15, 0.2) is 0 Å². The Kier molecular flexibility index (Phi) is 5.26. The monoisotopic (exact) mass is 355 g/mol. The number of hydrogen-bond acceptors (Lipinski definition) is 4. The van der Waals surface area contributed by atoms with Gasteiger partial charge in [0.1, 0.15) is 5.82 Å². The molecule has 0 unspecified atom stereocenters. The molecule has 1 saturated heterocycles. The minimum atomic E-state index is -0.696. The van der Waals surface area contributed by atoms with Crippen LogP contribution in [0.5, 0.6) is 0 Å². The molecule has 0 bridgehead atoms. The standard InChI is InChI=1S/C19H18FN3O3/c20-15-9-7-14(18(13-15)23(25)26)8-10-19(24)21-16-5-1-2-6-17(16)22-11-3-4-12-22/h1-2,5-10,13H,3-4,11-12H2,(H,21,24). The highest BCUT2D eigenvalue weighted by Crippen LogP contribution is 2.28. The van der Waals surface area contributed by atoms with Crippen molar-refractivity contribution in [2.24, 2.45) is 0 Å². The van der Waals surface area contributed by atoms with E-state index in [-0.39, 0.29) is 11.3 Å². The molecule has 1 aliphatic heterocycles. The number of hydrogen-bond donors (Lipinski definition) is 1. The Balaban J connectivity index is 1.76. The molecule has 1 fully saturated rings. The van der Waals surface area contributed by atoms with Gasteiger partial charge < -0.3 is 10.2 Å². The summed E-state index contributed by atoms with van der Waals surface area (Å²) >= 11 is 0. The van der Waals surface area contributed by atoms with Crippen LogP contribution in [0.3, 0.4) is 0 Å². The van der Waals surface area contributed by atoms with Gasteiger partial charge in [-0.15, -0.1) is 0 Å². The van der Waals surface area contributed by atoms with Gasteiger partial charge in [-0.3, -0.25) is 14.9 Å². The molecule has 1 heterocycles. The fraction of sp³-hybridized carbons (Fsp3) is 0.211. The van der Waals surface area contributed by atoms with Crippen molar-refractivity contribution >= 4 is 29.0 Å². The molecule has 0 saturated carbocycles. The molecule has 1 amide bonds. The number of rotatable bonds is 5. The van der Waals surface area contributed by atoms with Crippen LogP contribution >= 0.6 is 0 Å². The smallest absolute Gasteiger partial charge is 0.279 e. The highest BCUT2D eigenvalue weighted by molar-refractivity contribution is 6.04. The average molecular weight is 355 g/mol. The number of carbonyl (C=O) groups is 1. The predicted octanol–water partition coefficient (Wildman–Crippen LogP) is 3.99. The van der Waals surface area contributed by atoms with Crippen LogP contribution in [0.15, 0.2) is 48.5 Å². The fourth-order valence-corrected chi connectivity index (χ4v) is 2.97. The molecule has 26 heavy (non-hydrogen) atoms. The summed E-state index contributed by atoms with van der Waals surface area (Å²) in [5.74, 6) is -1.10. The Bertz CT molecular complexity index is 861. The van der Waals surface area contributed by atoms with E-state index in [1.165, 1.54) is 18.2 Å². The predicted molar refractivity (Wildman–Crippen MR) is 98.6 cm³/mol. The second-order valence-corrected chi connectivity index (χ2v) is 5.99. The number of nitrogens with zero attached hydrogens (tertiary/aromatic N) is 2. The molecule has 1 aliphatic rings. The molecule has 2 aromatic rings. The lowest BCUT2D eigenvalue weighted by Gasteiger charge is -2.21. The number of nitro benzene ring substituents is 1. The Morgan fingerprint density at radius 3 is 2.65 bits per heavy atom. The lowest BCUT2D eigenvalue weighted by Crippen LogP contribution is -2.20. The quantitative estimate of drug-likeness (QED) is 0.500. The van der Waals surface area contributed by atoms with E-state index in [1.54, 1.807) is 0 Å². The van der Waals surface area contributed by atoms with Gasteiger partial charge in [0.05, 0.1) is 27.9 Å². The van der Waals surface area contributed by atoms with Crippen LogP contribution in [-0.2, 0) is 4.79 Å². The van der Waals surface area contributed by atoms with Gasteiger partial charge in [-0.1, -0.05) is 12.1 Å². The SMILES string of the molecule is O=C(C=Cc1ccc(F)cc1[N+](=O)[O-])Nc1ccccc1N1CCCC1. The van der Waals surface area contributed by atoms with Crippen LogP contribution in [0.25, 0.3) is 6.08 Å². The zero-order chi connectivity index (χ0) is 18.5. The lowest BCUT2D eigenvalue weighted by atomic mass is 10.1. The minimum Gasteiger partial charge on any atom is -0.370 e. The van der Waals surface area contributed by atoms with Crippen molar-refractivity contribution in [1.82, 2.24) is 0 Å². The number of para-hydroxylation sites is 2. The Morgan fingerprint density at radius 1 is 1.19 bits per heavy atom. The molecule has 6 nitrogen and oxygen atoms in total. The van der Waals surface area contributed by atoms with Crippen molar-refractivity contribution in [3.8, 4) is 0 Å². The van der Waals surface area contributed by atoms with E-state index in [0.29, 0.717) is 5.69 Å². The maximum absolute atomic E-state index is 13.2. The van der Waals surface area contributed by atoms with Crippen molar-refractivity contribution in [2.45, 2.75) is 12.8 Å². The molecule has 134 valence electrons. The van der Waals surface area contributed by atoms with Gasteiger partial charge in [-0.05, 0) is 43.2 Å². The third kappa shape index (κ3) is 4.05. The van der Waals surface area contributed by atoms with Crippen LogP contribution in [0.4, 0.5) is 21.5 Å². The Labute approximate surface area is 150 Å². The molecule has 7 heteroatoms. The molecule has 0 aromatic heterocycles. The maximum atomic E-state index is 13.2. The molecular weight excluding hydrogens is 337 g/mol. The van der Waals surface area contributed by atoms with Gasteiger partial charge in [-0.25, -0.2) is 4.39 Å². The Hall–Kier alpha value is -3.22. The van der Waals surface area contributed by atoms with E-state index in [9.17, 15) is 19.3 Å². The lowest BCUT2D eigenvalue weighted by molar-refractivity contribution is -0.385. The summed E-state index contributed by atoms with van der Waals surface area (Å²) in [5, 5.41) is 13.8. The first kappa shape index (κ1) is 17.6.